The second-order valence-corrected chi connectivity index (χ2v) is 5.90. The Balaban J connectivity index is 0.00000361. The minimum atomic E-state index is -0.691. The average Bonchev–Trinajstić information content (AvgIpc) is 2.28. The van der Waals surface area contributed by atoms with Crippen molar-refractivity contribution in [3.63, 3.8) is 0 Å². The third-order valence-corrected chi connectivity index (χ3v) is 2.90. The van der Waals surface area contributed by atoms with Crippen LogP contribution in [0, 0.1) is 5.82 Å². The fourth-order valence-electron chi connectivity index (χ4n) is 1.27. The molecule has 3 N–H and O–H groups in total. The van der Waals surface area contributed by atoms with Gasteiger partial charge in [-0.2, -0.15) is 0 Å². The molecular weight excluding hydrogens is 351 g/mol. The first-order valence-electron chi connectivity index (χ1n) is 5.87. The molecule has 20 heavy (non-hydrogen) atoms. The molecule has 0 aromatic heterocycles. The number of nitrogens with two attached hydrogens (primary N) is 1. The molecule has 0 saturated carbocycles. The number of amides is 1. The van der Waals surface area contributed by atoms with Gasteiger partial charge in [-0.25, -0.2) is 4.39 Å². The predicted molar refractivity (Wildman–Crippen MR) is 82.7 cm³/mol. The molecule has 0 aliphatic heterocycles. The SMILES string of the molecule is CC(Oc1ccc(F)cc1Br)C(=O)NCC(C)(C)N.Cl. The van der Waals surface area contributed by atoms with E-state index in [0.29, 0.717) is 16.8 Å². The molecule has 0 spiro atoms. The van der Waals surface area contributed by atoms with Crippen LogP contribution in [-0.2, 0) is 4.79 Å². The van der Waals surface area contributed by atoms with Crippen LogP contribution in [0.2, 0.25) is 0 Å². The molecule has 4 nitrogen and oxygen atoms in total. The van der Waals surface area contributed by atoms with Crippen molar-refractivity contribution in [1.29, 1.82) is 0 Å². The first-order chi connectivity index (χ1) is 8.69. The lowest BCUT2D eigenvalue weighted by Crippen LogP contribution is -2.48. The zero-order valence-electron chi connectivity index (χ0n) is 11.6. The van der Waals surface area contributed by atoms with Crippen molar-refractivity contribution >= 4 is 34.2 Å². The summed E-state index contributed by atoms with van der Waals surface area (Å²) in [6.45, 7) is 5.60. The fraction of sp³-hybridized carbons (Fsp3) is 0.462. The van der Waals surface area contributed by atoms with Gasteiger partial charge in [-0.1, -0.05) is 0 Å². The van der Waals surface area contributed by atoms with Crippen molar-refractivity contribution in [2.75, 3.05) is 6.54 Å². The highest BCUT2D eigenvalue weighted by Gasteiger charge is 2.19. The van der Waals surface area contributed by atoms with Crippen molar-refractivity contribution < 1.29 is 13.9 Å². The van der Waals surface area contributed by atoms with Crippen LogP contribution < -0.4 is 15.8 Å². The molecule has 114 valence electrons. The highest BCUT2D eigenvalue weighted by Crippen LogP contribution is 2.26. The maximum absolute atomic E-state index is 12.9. The molecule has 1 unspecified atom stereocenters. The summed E-state index contributed by atoms with van der Waals surface area (Å²) < 4.78 is 18.8. The lowest BCUT2D eigenvalue weighted by atomic mass is 10.1. The van der Waals surface area contributed by atoms with Crippen LogP contribution in [0.3, 0.4) is 0 Å². The Morgan fingerprint density at radius 3 is 2.65 bits per heavy atom. The quantitative estimate of drug-likeness (QED) is 0.838. The molecule has 1 aromatic rings. The van der Waals surface area contributed by atoms with E-state index in [9.17, 15) is 9.18 Å². The van der Waals surface area contributed by atoms with E-state index in [4.69, 9.17) is 10.5 Å². The summed E-state index contributed by atoms with van der Waals surface area (Å²) in [6.07, 6.45) is -0.691. The number of rotatable bonds is 5. The smallest absolute Gasteiger partial charge is 0.260 e. The summed E-state index contributed by atoms with van der Waals surface area (Å²) in [5.74, 6) is -0.230. The number of hydrogen-bond acceptors (Lipinski definition) is 3. The summed E-state index contributed by atoms with van der Waals surface area (Å²) in [7, 11) is 0. The molecule has 1 amide bonds. The second kappa shape index (κ2) is 7.81. The zero-order valence-corrected chi connectivity index (χ0v) is 14.0. The molecule has 0 aliphatic carbocycles. The topological polar surface area (TPSA) is 64.3 Å². The summed E-state index contributed by atoms with van der Waals surface area (Å²) >= 11 is 3.18. The highest BCUT2D eigenvalue weighted by atomic mass is 79.9. The summed E-state index contributed by atoms with van der Waals surface area (Å²) in [6, 6.07) is 4.02. The lowest BCUT2D eigenvalue weighted by Gasteiger charge is -2.21. The van der Waals surface area contributed by atoms with Gasteiger partial charge in [0.2, 0.25) is 0 Å². The molecular formula is C13H19BrClFN2O2. The number of carbonyl (C=O) groups excluding carboxylic acids is 1. The predicted octanol–water partition coefficient (Wildman–Crippen LogP) is 2.63. The number of carbonyl (C=O) groups is 1. The molecule has 0 heterocycles. The summed E-state index contributed by atoms with van der Waals surface area (Å²) in [5.41, 5.74) is 5.29. The molecule has 0 saturated heterocycles. The maximum atomic E-state index is 12.9. The van der Waals surface area contributed by atoms with Crippen molar-refractivity contribution in [1.82, 2.24) is 5.32 Å². The Morgan fingerprint density at radius 1 is 1.55 bits per heavy atom. The Morgan fingerprint density at radius 2 is 2.15 bits per heavy atom. The first-order valence-corrected chi connectivity index (χ1v) is 6.66. The van der Waals surface area contributed by atoms with Gasteiger partial charge in [-0.05, 0) is 54.9 Å². The first kappa shape index (κ1) is 19.1. The number of halogens is 3. The number of ether oxygens (including phenoxy) is 1. The fourth-order valence-corrected chi connectivity index (χ4v) is 1.72. The molecule has 0 fully saturated rings. The van der Waals surface area contributed by atoms with Crippen molar-refractivity contribution in [2.24, 2.45) is 5.73 Å². The Labute approximate surface area is 132 Å². The van der Waals surface area contributed by atoms with Gasteiger partial charge >= 0.3 is 0 Å². The Hall–Kier alpha value is -0.850. The van der Waals surface area contributed by atoms with E-state index in [1.165, 1.54) is 18.2 Å². The normalized spacial score (nSPS) is 12.3. The maximum Gasteiger partial charge on any atom is 0.260 e. The molecule has 0 aliphatic rings. The van der Waals surface area contributed by atoms with E-state index in [2.05, 4.69) is 21.2 Å². The Bertz CT molecular complexity index is 466. The highest BCUT2D eigenvalue weighted by molar-refractivity contribution is 9.10. The molecule has 0 radical (unpaired) electrons. The van der Waals surface area contributed by atoms with Crippen LogP contribution in [-0.4, -0.2) is 24.1 Å². The van der Waals surface area contributed by atoms with Crippen molar-refractivity contribution in [2.45, 2.75) is 32.4 Å². The van der Waals surface area contributed by atoms with Crippen LogP contribution >= 0.6 is 28.3 Å². The number of benzene rings is 1. The average molecular weight is 370 g/mol. The van der Waals surface area contributed by atoms with Gasteiger partial charge in [-0.3, -0.25) is 4.79 Å². The van der Waals surface area contributed by atoms with Gasteiger partial charge in [-0.15, -0.1) is 12.4 Å². The summed E-state index contributed by atoms with van der Waals surface area (Å²) in [5, 5.41) is 2.70. The molecule has 1 aromatic carbocycles. The van der Waals surface area contributed by atoms with Gasteiger partial charge in [0.15, 0.2) is 6.10 Å². The Kier molecular flexibility index (Phi) is 7.47. The third kappa shape index (κ3) is 6.54. The van der Waals surface area contributed by atoms with Crippen molar-refractivity contribution in [3.8, 4) is 5.75 Å². The molecule has 7 heteroatoms. The van der Waals surface area contributed by atoms with Gasteiger partial charge in [0.25, 0.3) is 5.91 Å². The molecule has 1 rings (SSSR count). The standard InChI is InChI=1S/C13H18BrFN2O2.ClH/c1-8(12(18)17-7-13(2,3)16)19-11-5-4-9(15)6-10(11)14;/h4-6,8H,7,16H2,1-3H3,(H,17,18);1H. The van der Waals surface area contributed by atoms with Crippen LogP contribution in [0.15, 0.2) is 22.7 Å². The minimum absolute atomic E-state index is 0. The van der Waals surface area contributed by atoms with E-state index >= 15 is 0 Å². The summed E-state index contributed by atoms with van der Waals surface area (Å²) in [4.78, 5) is 11.8. The largest absolute Gasteiger partial charge is 0.480 e. The van der Waals surface area contributed by atoms with Gasteiger partial charge < -0.3 is 15.8 Å². The lowest BCUT2D eigenvalue weighted by molar-refractivity contribution is -0.127. The third-order valence-electron chi connectivity index (χ3n) is 2.29. The zero-order chi connectivity index (χ0) is 14.6. The molecule has 1 atom stereocenters. The monoisotopic (exact) mass is 368 g/mol. The van der Waals surface area contributed by atoms with Crippen LogP contribution in [0.5, 0.6) is 5.75 Å². The second-order valence-electron chi connectivity index (χ2n) is 5.04. The number of hydrogen-bond donors (Lipinski definition) is 2. The van der Waals surface area contributed by atoms with Crippen molar-refractivity contribution in [3.05, 3.63) is 28.5 Å². The van der Waals surface area contributed by atoms with Gasteiger partial charge in [0.1, 0.15) is 11.6 Å². The van der Waals surface area contributed by atoms with Crippen LogP contribution in [0.25, 0.3) is 0 Å². The van der Waals surface area contributed by atoms with E-state index in [1.54, 1.807) is 6.92 Å². The minimum Gasteiger partial charge on any atom is -0.480 e. The van der Waals surface area contributed by atoms with Crippen LogP contribution in [0.4, 0.5) is 4.39 Å². The van der Waals surface area contributed by atoms with E-state index < -0.39 is 11.6 Å². The van der Waals surface area contributed by atoms with Crippen LogP contribution in [0.1, 0.15) is 20.8 Å². The van der Waals surface area contributed by atoms with E-state index in [1.807, 2.05) is 13.8 Å². The number of nitrogens with one attached hydrogen (secondary N) is 1. The van der Waals surface area contributed by atoms with Gasteiger partial charge in [0, 0.05) is 12.1 Å². The van der Waals surface area contributed by atoms with E-state index in [-0.39, 0.29) is 24.1 Å². The molecule has 0 bridgehead atoms. The van der Waals surface area contributed by atoms with Gasteiger partial charge in [0.05, 0.1) is 4.47 Å². The van der Waals surface area contributed by atoms with E-state index in [0.717, 1.165) is 0 Å².